The van der Waals surface area contributed by atoms with Crippen LogP contribution in [0.1, 0.15) is 137 Å². The molecule has 8 heterocycles. The second-order valence-corrected chi connectivity index (χ2v) is 43.9. The van der Waals surface area contributed by atoms with Gasteiger partial charge in [-0.15, -0.1) is 0 Å². The quantitative estimate of drug-likeness (QED) is 0.0756. The van der Waals surface area contributed by atoms with Gasteiger partial charge >= 0.3 is 24.2 Å². The molecule has 0 aliphatic carbocycles. The molecule has 2 aromatic heterocycles. The minimum Gasteiger partial charge on any atom is -0.462 e. The first-order valence-electron chi connectivity index (χ1n) is 40.5. The maximum Gasteiger partial charge on any atom is 0.410 e. The first-order chi connectivity index (χ1) is 53.1. The van der Waals surface area contributed by atoms with Gasteiger partial charge in [0.1, 0.15) is 36.1 Å². The van der Waals surface area contributed by atoms with Gasteiger partial charge in [-0.2, -0.15) is 46.9 Å². The van der Waals surface area contributed by atoms with Crippen molar-refractivity contribution >= 4 is 105 Å². The molecule has 113 heavy (non-hydrogen) atoms. The number of likely N-dealkylation sites (N-methyl/N-ethyl adjacent to an activating group) is 2. The third-order valence-electron chi connectivity index (χ3n) is 23.0. The van der Waals surface area contributed by atoms with E-state index in [1.54, 1.807) is 0 Å². The zero-order valence-electron chi connectivity index (χ0n) is 69.6. The van der Waals surface area contributed by atoms with E-state index in [1.165, 1.54) is 49.2 Å². The maximum atomic E-state index is 13.8. The standard InChI is InChI=1S/C50H64N6O4Si.C39H56N6O4Si.2H2S/c1-36-30-37-18-15-16-24-42(37)45(31-36)54-27-25-43-44(33-54)51-47(58-34-38-19-17-26-53(38)8)52-46(43)56-29-28-55(48(57)60-49(2,3)4)32-39(56)35-59-61(50(5,6)7,40-20-11-9-12-21-40)41-22-13-10-14-23-41;1-38(2,3)49-37(46)44-23-24-45(35-33-20-21-40-25-34(33)41-36(42-35)47-27-29-15-14-22-43(29)7)30(26-44)28-48-50(39(4,5)6,31-16-10-8-11-17-31)32-18-12-9-13-19-32;;/h9-16,18,20-24,30-31,38-39H,17,19,25-29,32-35H2,1-8H3;8-13,16-19,29-30,40H,14-15,20-28H2,1-7H3;2*1H2/t38-,39?;29-,30?;;/m00../s1. The third kappa shape index (κ3) is 19.7. The molecule has 14 rings (SSSR count). The van der Waals surface area contributed by atoms with E-state index in [1.807, 2.05) is 51.3 Å². The summed E-state index contributed by atoms with van der Waals surface area (Å²) in [7, 11) is -1.46. The smallest absolute Gasteiger partial charge is 0.410 e. The molecular formula is C89H124N12O8S2Si2. The molecule has 0 saturated carbocycles. The van der Waals surface area contributed by atoms with Crippen molar-refractivity contribution in [2.24, 2.45) is 0 Å². The Hall–Kier alpha value is -7.79. The highest BCUT2D eigenvalue weighted by atomic mass is 32.1. The molecule has 6 aromatic carbocycles. The summed E-state index contributed by atoms with van der Waals surface area (Å²) in [5.74, 6) is 1.78. The number of aromatic nitrogens is 4. The Morgan fingerprint density at radius 3 is 1.31 bits per heavy atom. The van der Waals surface area contributed by atoms with E-state index < -0.39 is 27.8 Å². The lowest BCUT2D eigenvalue weighted by molar-refractivity contribution is 0.0188. The Bertz CT molecular complexity index is 4400. The molecule has 4 saturated heterocycles. The molecule has 6 aliphatic rings. The van der Waals surface area contributed by atoms with Gasteiger partial charge in [0.05, 0.1) is 43.2 Å². The van der Waals surface area contributed by atoms with Crippen LogP contribution >= 0.6 is 27.0 Å². The molecule has 4 atom stereocenters. The number of likely N-dealkylation sites (tertiary alicyclic amines) is 2. The molecule has 0 radical (unpaired) electrons. The van der Waals surface area contributed by atoms with Crippen molar-refractivity contribution in [2.45, 2.75) is 187 Å². The van der Waals surface area contributed by atoms with Crippen molar-refractivity contribution < 1.29 is 37.4 Å². The first-order valence-corrected chi connectivity index (χ1v) is 44.3. The fraction of sp³-hybridized carbons (Fsp3) is 0.506. The molecular weight excluding hydrogens is 1490 g/mol. The Morgan fingerprint density at radius 1 is 0.478 bits per heavy atom. The zero-order valence-corrected chi connectivity index (χ0v) is 73.6. The summed E-state index contributed by atoms with van der Waals surface area (Å²) in [5, 5.41) is 10.5. The number of fused-ring (bicyclic) bond motifs is 3. The molecule has 6 aliphatic heterocycles. The number of anilines is 3. The van der Waals surface area contributed by atoms with E-state index in [-0.39, 0.29) is 61.3 Å². The number of nitrogens with one attached hydrogen (secondary N) is 1. The number of nitrogens with zero attached hydrogens (tertiary/aromatic N) is 11. The molecule has 608 valence electrons. The lowest BCUT2D eigenvalue weighted by Gasteiger charge is -2.47. The monoisotopic (exact) mass is 1610 g/mol. The van der Waals surface area contributed by atoms with Crippen LogP contribution < -0.4 is 50.2 Å². The van der Waals surface area contributed by atoms with Crippen LogP contribution in [0.25, 0.3) is 10.8 Å². The fourth-order valence-electron chi connectivity index (χ4n) is 17.4. The average molecular weight is 1610 g/mol. The number of aryl methyl sites for hydroxylation is 1. The van der Waals surface area contributed by atoms with Crippen molar-refractivity contribution in [1.82, 2.24) is 44.9 Å². The number of hydrogen-bond acceptors (Lipinski definition) is 18. The van der Waals surface area contributed by atoms with Crippen molar-refractivity contribution in [1.29, 1.82) is 0 Å². The average Bonchev–Trinajstić information content (AvgIpc) is 1.01. The van der Waals surface area contributed by atoms with E-state index in [0.29, 0.717) is 103 Å². The largest absolute Gasteiger partial charge is 0.462 e. The molecule has 1 N–H and O–H groups in total. The summed E-state index contributed by atoms with van der Waals surface area (Å²) in [6.45, 7) is 37.6. The summed E-state index contributed by atoms with van der Waals surface area (Å²) in [5.41, 5.74) is 5.51. The number of hydrogen-bond donors (Lipinski definition) is 1. The predicted molar refractivity (Wildman–Crippen MR) is 471 cm³/mol. The van der Waals surface area contributed by atoms with Crippen LogP contribution in [0.4, 0.5) is 26.9 Å². The summed E-state index contributed by atoms with van der Waals surface area (Å²) in [4.78, 5) is 63.6. The van der Waals surface area contributed by atoms with Gasteiger partial charge in [-0.05, 0) is 169 Å². The highest BCUT2D eigenvalue weighted by Gasteiger charge is 2.53. The van der Waals surface area contributed by atoms with Crippen LogP contribution in [0.5, 0.6) is 12.0 Å². The van der Waals surface area contributed by atoms with Crippen LogP contribution in [-0.2, 0) is 44.3 Å². The molecule has 4 fully saturated rings. The molecule has 0 spiro atoms. The normalized spacial score (nSPS) is 19.3. The van der Waals surface area contributed by atoms with Crippen molar-refractivity contribution in [3.63, 3.8) is 0 Å². The Morgan fingerprint density at radius 2 is 0.894 bits per heavy atom. The maximum absolute atomic E-state index is 13.8. The second-order valence-electron chi connectivity index (χ2n) is 35.3. The number of carbonyl (C=O) groups excluding carboxylic acids is 2. The Balaban J connectivity index is 0.000000224. The molecule has 20 nitrogen and oxygen atoms in total. The SMILES string of the molecule is CN1CCC[C@H]1COc1nc2c(c(N3CCN(C(=O)OC(C)(C)C)CC3CO[Si](c3ccccc3)(c3ccccc3)C(C)(C)C)n1)CCNC2.Cc1cc(N2CCc3c(nc(OC[C@@H]4CCCN4C)nc3N3CCN(C(=O)OC(C)(C)C)CC3CO[Si](c3ccccc3)(c3ccccc3)C(C)(C)C)C2)c2ccccc2c1.S.S. The Kier molecular flexibility index (Phi) is 27.9. The summed E-state index contributed by atoms with van der Waals surface area (Å²) in [6, 6.07) is 57.3. The van der Waals surface area contributed by atoms with Crippen molar-refractivity contribution in [3.8, 4) is 12.0 Å². The first kappa shape index (κ1) is 86.1. The van der Waals surface area contributed by atoms with Gasteiger partial charge in [0, 0.05) is 86.6 Å². The highest BCUT2D eigenvalue weighted by Crippen LogP contribution is 2.42. The predicted octanol–water partition coefficient (Wildman–Crippen LogP) is 12.8. The van der Waals surface area contributed by atoms with Gasteiger partial charge in [-0.25, -0.2) is 9.59 Å². The fourth-order valence-corrected chi connectivity index (χ4v) is 26.6. The Labute approximate surface area is 688 Å². The summed E-state index contributed by atoms with van der Waals surface area (Å²) >= 11 is 0. The number of carbonyl (C=O) groups is 2. The van der Waals surface area contributed by atoms with Crippen LogP contribution in [0.2, 0.25) is 10.1 Å². The molecule has 24 heteroatoms. The number of rotatable bonds is 19. The minimum absolute atomic E-state index is 0. The van der Waals surface area contributed by atoms with E-state index in [4.69, 9.17) is 47.7 Å². The van der Waals surface area contributed by atoms with E-state index >= 15 is 0 Å². The van der Waals surface area contributed by atoms with E-state index in [0.717, 1.165) is 92.4 Å². The summed E-state index contributed by atoms with van der Waals surface area (Å²) in [6.07, 6.45) is 5.54. The van der Waals surface area contributed by atoms with Gasteiger partial charge in [0.15, 0.2) is 0 Å². The topological polar surface area (TPSA) is 176 Å². The number of piperazine rings is 2. The van der Waals surface area contributed by atoms with Gasteiger partial charge in [-0.1, -0.05) is 193 Å². The van der Waals surface area contributed by atoms with Crippen LogP contribution in [-0.4, -0.2) is 210 Å². The van der Waals surface area contributed by atoms with Gasteiger partial charge in [0.2, 0.25) is 0 Å². The van der Waals surface area contributed by atoms with E-state index in [2.05, 4.69) is 250 Å². The van der Waals surface area contributed by atoms with Crippen LogP contribution in [0, 0.1) is 6.92 Å². The van der Waals surface area contributed by atoms with Gasteiger partial charge < -0.3 is 67.4 Å². The zero-order chi connectivity index (χ0) is 78.5. The summed E-state index contributed by atoms with van der Waals surface area (Å²) < 4.78 is 40.0. The highest BCUT2D eigenvalue weighted by molar-refractivity contribution is 7.59. The number of ether oxygens (including phenoxy) is 4. The van der Waals surface area contributed by atoms with Gasteiger partial charge in [0.25, 0.3) is 16.6 Å². The number of benzene rings is 6. The second kappa shape index (κ2) is 36.6. The minimum atomic E-state index is -2.93. The lowest BCUT2D eigenvalue weighted by atomic mass is 10.00. The van der Waals surface area contributed by atoms with Crippen LogP contribution in [0.3, 0.4) is 0 Å². The third-order valence-corrected chi connectivity index (χ3v) is 33.0. The molecule has 2 amide bonds. The van der Waals surface area contributed by atoms with E-state index in [9.17, 15) is 9.59 Å². The molecule has 2 unspecified atom stereocenters. The van der Waals surface area contributed by atoms with Crippen molar-refractivity contribution in [3.05, 3.63) is 186 Å². The lowest BCUT2D eigenvalue weighted by Crippen LogP contribution is -2.68. The van der Waals surface area contributed by atoms with Gasteiger partial charge in [-0.3, -0.25) is 0 Å². The number of amides is 2. The molecule has 0 bridgehead atoms. The molecule has 8 aromatic rings. The van der Waals surface area contributed by atoms with Crippen molar-refractivity contribution in [2.75, 3.05) is 121 Å². The van der Waals surface area contributed by atoms with Crippen LogP contribution in [0.15, 0.2) is 158 Å².